The third-order valence-electron chi connectivity index (χ3n) is 0.693. The molecule has 34 heavy (non-hydrogen) atoms. The molecule has 192 valence electrons. The molecule has 24 nitrogen and oxygen atoms in total. The van der Waals surface area contributed by atoms with Crippen LogP contribution in [0.4, 0.5) is 0 Å². The van der Waals surface area contributed by atoms with E-state index in [-0.39, 0.29) is 46.9 Å². The first-order chi connectivity index (χ1) is 13.7. The SMILES string of the molecule is O=[Si]([O-])OS(=O)(=O)O.O=[Si]([O-])OS(=O)(=O)O.O=[Si]([O-])OS(=O)(=O)O.O=[Si]([O-])OS(=O)(=O)O.[Al+3].[Na+]. The molecule has 0 aromatic heterocycles. The van der Waals surface area contributed by atoms with Gasteiger partial charge in [0.15, 0.2) is 0 Å². The summed E-state index contributed by atoms with van der Waals surface area (Å²) < 4.78 is 155. The van der Waals surface area contributed by atoms with Crippen LogP contribution in [0.25, 0.3) is 0 Å². The van der Waals surface area contributed by atoms with E-state index in [0.717, 1.165) is 0 Å². The van der Waals surface area contributed by atoms with Crippen LogP contribution in [-0.4, -0.2) is 106 Å². The molecule has 0 atom stereocenters. The second-order valence-electron chi connectivity index (χ2n) is 3.04. The minimum Gasteiger partial charge on any atom is -0.478 e. The monoisotopic (exact) mass is 678 g/mol. The maximum Gasteiger partial charge on any atom is 3.00 e. The van der Waals surface area contributed by atoms with Gasteiger partial charge in [-0.1, -0.05) is 0 Å². The molecule has 0 heterocycles. The normalized spacial score (nSPS) is 10.0. The Morgan fingerprint density at radius 2 is 0.529 bits per heavy atom. The maximum atomic E-state index is 9.40. The van der Waals surface area contributed by atoms with E-state index in [1.54, 1.807) is 0 Å². The van der Waals surface area contributed by atoms with E-state index in [1.165, 1.54) is 0 Å². The van der Waals surface area contributed by atoms with Crippen LogP contribution in [0.1, 0.15) is 0 Å². The molecular weight excluding hydrogens is 675 g/mol. The van der Waals surface area contributed by atoms with Crippen molar-refractivity contribution in [2.75, 3.05) is 0 Å². The molecule has 0 saturated carbocycles. The Bertz CT molecular complexity index is 888. The van der Waals surface area contributed by atoms with Gasteiger partial charge in [-0.3, -0.25) is 18.2 Å². The van der Waals surface area contributed by atoms with Crippen molar-refractivity contribution in [3.8, 4) is 0 Å². The zero-order valence-corrected chi connectivity index (χ0v) is 25.6. The Kier molecular flexibility index (Phi) is 28.7. The summed E-state index contributed by atoms with van der Waals surface area (Å²) in [4.78, 5) is 37.3. The predicted octanol–water partition coefficient (Wildman–Crippen LogP) is -13.1. The first-order valence-electron chi connectivity index (χ1n) is 5.18. The van der Waals surface area contributed by atoms with E-state index in [9.17, 15) is 70.7 Å². The fourth-order valence-electron chi connectivity index (χ4n) is 0.344. The smallest absolute Gasteiger partial charge is 0.478 e. The number of hydrogen-bond acceptors (Lipinski definition) is 20. The average molecular weight is 679 g/mol. The van der Waals surface area contributed by atoms with Gasteiger partial charge < -0.3 is 52.5 Å². The first kappa shape index (κ1) is 46.9. The summed E-state index contributed by atoms with van der Waals surface area (Å²) in [7, 11) is -34.5. The van der Waals surface area contributed by atoms with Gasteiger partial charge in [0.1, 0.15) is 0 Å². The van der Waals surface area contributed by atoms with Crippen molar-refractivity contribution in [2.45, 2.75) is 0 Å². The van der Waals surface area contributed by atoms with Gasteiger partial charge in [0.05, 0.1) is 0 Å². The van der Waals surface area contributed by atoms with Gasteiger partial charge in [-0.2, -0.15) is 33.7 Å². The van der Waals surface area contributed by atoms with E-state index in [4.69, 9.17) is 18.2 Å². The molecule has 0 fully saturated rings. The van der Waals surface area contributed by atoms with Crippen molar-refractivity contribution in [3.63, 3.8) is 0 Å². The Labute approximate surface area is 227 Å². The Morgan fingerprint density at radius 3 is 0.529 bits per heavy atom. The van der Waals surface area contributed by atoms with Gasteiger partial charge in [0, 0.05) is 0 Å². The second-order valence-corrected chi connectivity index (χ2v) is 11.1. The summed E-state index contributed by atoms with van der Waals surface area (Å²) in [6.45, 7) is 0. The molecule has 0 rings (SSSR count). The van der Waals surface area contributed by atoms with Crippen molar-refractivity contribution in [3.05, 3.63) is 0 Å². The fourth-order valence-corrected chi connectivity index (χ4v) is 3.10. The van der Waals surface area contributed by atoms with Crippen molar-refractivity contribution in [1.82, 2.24) is 0 Å². The zero-order valence-electron chi connectivity index (χ0n) is 15.2. The molecule has 0 unspecified atom stereocenters. The average Bonchev–Trinajstić information content (AvgIpc) is 2.26. The van der Waals surface area contributed by atoms with Crippen LogP contribution in [0.5, 0.6) is 0 Å². The quantitative estimate of drug-likeness (QED) is 0.137. The molecule has 0 aliphatic rings. The predicted molar refractivity (Wildman–Crippen MR) is 82.1 cm³/mol. The van der Waals surface area contributed by atoms with Crippen molar-refractivity contribution >= 4 is 95.6 Å². The summed E-state index contributed by atoms with van der Waals surface area (Å²) >= 11 is 0. The van der Waals surface area contributed by atoms with Crippen LogP contribution in [-0.2, 0) is 74.9 Å². The summed E-state index contributed by atoms with van der Waals surface area (Å²) in [6, 6.07) is 0. The fraction of sp³-hybridized carbons (Fsp3) is 0. The molecule has 0 aromatic carbocycles. The van der Waals surface area contributed by atoms with Crippen LogP contribution in [0.2, 0.25) is 0 Å². The van der Waals surface area contributed by atoms with Crippen LogP contribution >= 0.6 is 0 Å². The van der Waals surface area contributed by atoms with Gasteiger partial charge in [-0.25, -0.2) is 0 Å². The maximum absolute atomic E-state index is 9.40. The van der Waals surface area contributed by atoms with E-state index in [1.807, 2.05) is 0 Å². The minimum absolute atomic E-state index is 0. The van der Waals surface area contributed by atoms with Crippen molar-refractivity contribution in [2.24, 2.45) is 0 Å². The Hall–Kier alpha value is -0.360. The van der Waals surface area contributed by atoms with Gasteiger partial charge in [0.25, 0.3) is 0 Å². The largest absolute Gasteiger partial charge is 3.00 e. The molecule has 34 heteroatoms. The van der Waals surface area contributed by atoms with Gasteiger partial charge >= 0.3 is 125 Å². The third-order valence-corrected chi connectivity index (χ3v) is 6.24. The Balaban J connectivity index is -0.0000000754. The number of rotatable bonds is 8. The zero-order chi connectivity index (χ0) is 27.1. The summed E-state index contributed by atoms with van der Waals surface area (Å²) in [5, 5.41) is 0. The van der Waals surface area contributed by atoms with Crippen molar-refractivity contribution < 1.29 is 134 Å². The van der Waals surface area contributed by atoms with Crippen LogP contribution < -0.4 is 48.7 Å². The molecular formula is H4AlNaO24S4Si4. The molecule has 0 aliphatic carbocycles. The molecule has 0 amide bonds. The van der Waals surface area contributed by atoms with E-state index < -0.39 is 78.3 Å². The standard InChI is InChI=1S/Al.Na.4HO6SSi/c;;4*1-7(2,3)6-8(4)5/h;;4*(H,1,2,3)/q+3;+1;4*-1. The van der Waals surface area contributed by atoms with Crippen molar-refractivity contribution in [1.29, 1.82) is 0 Å². The van der Waals surface area contributed by atoms with Crippen LogP contribution in [0.15, 0.2) is 0 Å². The summed E-state index contributed by atoms with van der Waals surface area (Å²) in [5.41, 5.74) is 0. The van der Waals surface area contributed by atoms with Crippen LogP contribution in [0, 0.1) is 0 Å². The summed E-state index contributed by atoms with van der Waals surface area (Å²) in [5.74, 6) is 0. The number of hydrogen-bond donors (Lipinski definition) is 4. The molecule has 0 spiro atoms. The molecule has 0 radical (unpaired) electrons. The van der Waals surface area contributed by atoms with E-state index in [0.29, 0.717) is 0 Å². The van der Waals surface area contributed by atoms with Gasteiger partial charge in [-0.15, -0.1) is 0 Å². The molecule has 0 aromatic rings. The first-order valence-corrected chi connectivity index (χ1v) is 15.5. The molecule has 0 saturated heterocycles. The van der Waals surface area contributed by atoms with Gasteiger partial charge in [-0.05, 0) is 0 Å². The summed E-state index contributed by atoms with van der Waals surface area (Å²) in [6.07, 6.45) is 0. The van der Waals surface area contributed by atoms with E-state index >= 15 is 0 Å². The molecule has 0 aliphatic heterocycles. The molecule has 4 N–H and O–H groups in total. The third kappa shape index (κ3) is 77.0. The molecule has 0 bridgehead atoms. The topological polar surface area (TPSA) is 415 Å². The van der Waals surface area contributed by atoms with Gasteiger partial charge in [0.2, 0.25) is 0 Å². The minimum atomic E-state index is -4.80. The van der Waals surface area contributed by atoms with E-state index in [2.05, 4.69) is 15.5 Å². The van der Waals surface area contributed by atoms with Crippen LogP contribution in [0.3, 0.4) is 0 Å². The second kappa shape index (κ2) is 20.8. The Morgan fingerprint density at radius 1 is 0.441 bits per heavy atom.